The number of aromatic hydroxyl groups is 1. The maximum atomic E-state index is 9.36. The van der Waals surface area contributed by atoms with Gasteiger partial charge in [0.2, 0.25) is 5.89 Å². The van der Waals surface area contributed by atoms with Crippen molar-refractivity contribution in [3.8, 4) is 28.5 Å². The number of nitrogens with zero attached hydrogens (tertiary/aromatic N) is 1. The zero-order valence-corrected chi connectivity index (χ0v) is 11.7. The summed E-state index contributed by atoms with van der Waals surface area (Å²) in [6.45, 7) is 0. The number of benzene rings is 3. The molecule has 1 aromatic heterocycles. The van der Waals surface area contributed by atoms with E-state index in [4.69, 9.17) is 4.42 Å². The Labute approximate surface area is 127 Å². The Morgan fingerprint density at radius 2 is 1.59 bits per heavy atom. The van der Waals surface area contributed by atoms with E-state index in [1.807, 2.05) is 36.4 Å². The van der Waals surface area contributed by atoms with Crippen LogP contribution in [0.5, 0.6) is 5.75 Å². The lowest BCUT2D eigenvalue weighted by atomic mass is 10.0. The molecule has 0 aliphatic rings. The third-order valence-electron chi connectivity index (χ3n) is 3.68. The molecule has 0 atom stereocenters. The maximum absolute atomic E-state index is 9.36. The lowest BCUT2D eigenvalue weighted by Crippen LogP contribution is -1.80. The van der Waals surface area contributed by atoms with E-state index < -0.39 is 0 Å². The second-order valence-corrected chi connectivity index (χ2v) is 5.10. The second-order valence-electron chi connectivity index (χ2n) is 5.10. The molecule has 0 radical (unpaired) electrons. The van der Waals surface area contributed by atoms with E-state index in [-0.39, 0.29) is 5.75 Å². The molecule has 0 bridgehead atoms. The number of oxazole rings is 1. The zero-order valence-electron chi connectivity index (χ0n) is 11.7. The van der Waals surface area contributed by atoms with Gasteiger partial charge < -0.3 is 9.52 Å². The number of phenols is 1. The van der Waals surface area contributed by atoms with Gasteiger partial charge in [-0.25, -0.2) is 4.98 Å². The summed E-state index contributed by atoms with van der Waals surface area (Å²) in [5.41, 5.74) is 1.86. The summed E-state index contributed by atoms with van der Waals surface area (Å²) in [7, 11) is 0. The monoisotopic (exact) mass is 287 g/mol. The highest BCUT2D eigenvalue weighted by Gasteiger charge is 2.11. The van der Waals surface area contributed by atoms with Gasteiger partial charge in [-0.2, -0.15) is 0 Å². The van der Waals surface area contributed by atoms with Crippen LogP contribution in [0, 0.1) is 0 Å². The fourth-order valence-corrected chi connectivity index (χ4v) is 2.57. The van der Waals surface area contributed by atoms with Gasteiger partial charge in [0.15, 0.2) is 5.76 Å². The molecule has 1 heterocycles. The average Bonchev–Trinajstić information content (AvgIpc) is 3.05. The van der Waals surface area contributed by atoms with Crippen LogP contribution in [0.1, 0.15) is 0 Å². The van der Waals surface area contributed by atoms with Crippen LogP contribution < -0.4 is 0 Å². The average molecular weight is 287 g/mol. The molecule has 0 aliphatic carbocycles. The van der Waals surface area contributed by atoms with Gasteiger partial charge in [0.1, 0.15) is 5.75 Å². The number of hydrogen-bond donors (Lipinski definition) is 1. The Bertz CT molecular complexity index is 934. The summed E-state index contributed by atoms with van der Waals surface area (Å²) in [6.07, 6.45) is 1.71. The van der Waals surface area contributed by atoms with Gasteiger partial charge in [0.25, 0.3) is 0 Å². The van der Waals surface area contributed by atoms with Crippen molar-refractivity contribution in [2.24, 2.45) is 0 Å². The summed E-state index contributed by atoms with van der Waals surface area (Å²) in [5, 5.41) is 11.6. The van der Waals surface area contributed by atoms with Crippen LogP contribution >= 0.6 is 0 Å². The van der Waals surface area contributed by atoms with Crippen molar-refractivity contribution >= 4 is 10.8 Å². The van der Waals surface area contributed by atoms with Crippen LogP contribution in [-0.4, -0.2) is 10.1 Å². The molecule has 0 amide bonds. The van der Waals surface area contributed by atoms with E-state index in [0.29, 0.717) is 11.7 Å². The van der Waals surface area contributed by atoms with E-state index in [2.05, 4.69) is 23.2 Å². The minimum Gasteiger partial charge on any atom is -0.508 e. The number of fused-ring (bicyclic) bond motifs is 1. The van der Waals surface area contributed by atoms with E-state index >= 15 is 0 Å². The Kier molecular flexibility index (Phi) is 2.90. The minimum atomic E-state index is 0.234. The second kappa shape index (κ2) is 5.04. The van der Waals surface area contributed by atoms with Crippen molar-refractivity contribution in [3.05, 3.63) is 72.9 Å². The smallest absolute Gasteiger partial charge is 0.227 e. The lowest BCUT2D eigenvalue weighted by molar-refractivity contribution is 0.475. The fraction of sp³-hybridized carbons (Fsp3) is 0. The maximum Gasteiger partial charge on any atom is 0.227 e. The third-order valence-corrected chi connectivity index (χ3v) is 3.68. The van der Waals surface area contributed by atoms with Gasteiger partial charge in [-0.05, 0) is 41.1 Å². The van der Waals surface area contributed by atoms with Crippen molar-refractivity contribution in [3.63, 3.8) is 0 Å². The molecule has 106 valence electrons. The van der Waals surface area contributed by atoms with E-state index in [9.17, 15) is 5.11 Å². The molecule has 4 aromatic rings. The Balaban J connectivity index is 1.82. The first kappa shape index (κ1) is 12.7. The first-order valence-corrected chi connectivity index (χ1v) is 7.05. The highest BCUT2D eigenvalue weighted by Crippen LogP contribution is 2.31. The summed E-state index contributed by atoms with van der Waals surface area (Å²) in [4.78, 5) is 4.41. The molecule has 22 heavy (non-hydrogen) atoms. The van der Waals surface area contributed by atoms with Crippen LogP contribution in [0.2, 0.25) is 0 Å². The molecule has 0 aliphatic heterocycles. The zero-order chi connectivity index (χ0) is 14.9. The molecule has 0 spiro atoms. The largest absolute Gasteiger partial charge is 0.508 e. The van der Waals surface area contributed by atoms with Gasteiger partial charge >= 0.3 is 0 Å². The van der Waals surface area contributed by atoms with E-state index in [0.717, 1.165) is 21.9 Å². The summed E-state index contributed by atoms with van der Waals surface area (Å²) in [5.74, 6) is 1.51. The lowest BCUT2D eigenvalue weighted by Gasteiger charge is -2.02. The van der Waals surface area contributed by atoms with Crippen LogP contribution in [0.4, 0.5) is 0 Å². The van der Waals surface area contributed by atoms with Crippen LogP contribution in [0.3, 0.4) is 0 Å². The summed E-state index contributed by atoms with van der Waals surface area (Å²) in [6, 6.07) is 21.1. The predicted molar refractivity (Wildman–Crippen MR) is 86.5 cm³/mol. The Morgan fingerprint density at radius 3 is 2.45 bits per heavy atom. The number of hydrogen-bond acceptors (Lipinski definition) is 3. The number of phenolic OH excluding ortho intramolecular Hbond substituents is 1. The Hall–Kier alpha value is -3.07. The van der Waals surface area contributed by atoms with Crippen molar-refractivity contribution in [1.82, 2.24) is 4.98 Å². The van der Waals surface area contributed by atoms with Gasteiger partial charge in [0.05, 0.1) is 6.20 Å². The molecular formula is C19H13NO2. The highest BCUT2D eigenvalue weighted by atomic mass is 16.4. The van der Waals surface area contributed by atoms with Crippen molar-refractivity contribution in [1.29, 1.82) is 0 Å². The van der Waals surface area contributed by atoms with Crippen LogP contribution in [-0.2, 0) is 0 Å². The molecule has 1 N–H and O–H groups in total. The Morgan fingerprint density at radius 1 is 0.818 bits per heavy atom. The normalized spacial score (nSPS) is 10.9. The fourth-order valence-electron chi connectivity index (χ4n) is 2.57. The molecule has 0 saturated carbocycles. The van der Waals surface area contributed by atoms with Gasteiger partial charge in [-0.1, -0.05) is 36.4 Å². The quantitative estimate of drug-likeness (QED) is 0.572. The third kappa shape index (κ3) is 2.13. The van der Waals surface area contributed by atoms with Gasteiger partial charge in [0, 0.05) is 11.1 Å². The molecule has 3 nitrogen and oxygen atoms in total. The number of rotatable bonds is 2. The van der Waals surface area contributed by atoms with Gasteiger partial charge in [-0.15, -0.1) is 0 Å². The predicted octanol–water partition coefficient (Wildman–Crippen LogP) is 4.87. The van der Waals surface area contributed by atoms with Crippen LogP contribution in [0.15, 0.2) is 77.3 Å². The summed E-state index contributed by atoms with van der Waals surface area (Å²) >= 11 is 0. The first-order chi connectivity index (χ1) is 10.8. The van der Waals surface area contributed by atoms with E-state index in [1.54, 1.807) is 18.3 Å². The van der Waals surface area contributed by atoms with Crippen molar-refractivity contribution < 1.29 is 9.52 Å². The van der Waals surface area contributed by atoms with Gasteiger partial charge in [-0.3, -0.25) is 0 Å². The van der Waals surface area contributed by atoms with Crippen molar-refractivity contribution in [2.75, 3.05) is 0 Å². The molecule has 3 heteroatoms. The molecular weight excluding hydrogens is 274 g/mol. The van der Waals surface area contributed by atoms with Crippen molar-refractivity contribution in [2.45, 2.75) is 0 Å². The first-order valence-electron chi connectivity index (χ1n) is 7.05. The minimum absolute atomic E-state index is 0.234. The molecule has 0 unspecified atom stereocenters. The SMILES string of the molecule is Oc1ccc(-c2cnc(-c3cccc4ccccc34)o2)cc1. The highest BCUT2D eigenvalue weighted by molar-refractivity contribution is 5.94. The summed E-state index contributed by atoms with van der Waals surface area (Å²) < 4.78 is 5.91. The molecule has 0 saturated heterocycles. The van der Waals surface area contributed by atoms with E-state index in [1.165, 1.54) is 0 Å². The topological polar surface area (TPSA) is 46.3 Å². The molecule has 4 rings (SSSR count). The van der Waals surface area contributed by atoms with Crippen LogP contribution in [0.25, 0.3) is 33.6 Å². The standard InChI is InChI=1S/C19H13NO2/c21-15-10-8-14(9-11-15)18-12-20-19(22-18)17-7-3-5-13-4-1-2-6-16(13)17/h1-12,21H. The molecule has 3 aromatic carbocycles. The molecule has 0 fully saturated rings. The number of aromatic nitrogens is 1.